The van der Waals surface area contributed by atoms with Crippen LogP contribution in [-0.2, 0) is 11.8 Å². The normalized spacial score (nSPS) is 35.4. The van der Waals surface area contributed by atoms with Crippen molar-refractivity contribution in [1.29, 1.82) is 0 Å². The quantitative estimate of drug-likeness (QED) is 0.754. The number of hydrogen-bond acceptors (Lipinski definition) is 4. The fraction of sp³-hybridized carbons (Fsp3) is 0.462. The van der Waals surface area contributed by atoms with E-state index >= 15 is 0 Å². The summed E-state index contributed by atoms with van der Waals surface area (Å²) in [5.74, 6) is 1.53. The standard InChI is InChI=1S/C26H26ClNO3/c27-18-3-1-2-16(12-18)19-8-9-26(30)21-13-17-6-7-20(29)23-22(17)25(26,24(19)31-23)10-11-28(21)14-15-4-5-15/h1-3,6-8,12,15,21,24,29-30H,4-5,9-11,13-14H2/t21-,24+,25+,26-/m1/s1. The third-order valence-electron chi connectivity index (χ3n) is 8.59. The number of rotatable bonds is 3. The first-order chi connectivity index (χ1) is 15.0. The molecule has 2 aromatic rings. The molecule has 5 aliphatic rings. The predicted molar refractivity (Wildman–Crippen MR) is 120 cm³/mol. The molecule has 4 atom stereocenters. The number of hydrogen-bond donors (Lipinski definition) is 2. The average molecular weight is 436 g/mol. The first-order valence-electron chi connectivity index (χ1n) is 11.5. The van der Waals surface area contributed by atoms with Crippen LogP contribution in [0.4, 0.5) is 0 Å². The van der Waals surface area contributed by atoms with Crippen molar-refractivity contribution in [3.63, 3.8) is 0 Å². The van der Waals surface area contributed by atoms with Crippen molar-refractivity contribution >= 4 is 17.2 Å². The largest absolute Gasteiger partial charge is 0.504 e. The minimum atomic E-state index is -0.904. The fourth-order valence-electron chi connectivity index (χ4n) is 7.05. The van der Waals surface area contributed by atoms with Gasteiger partial charge in [0.1, 0.15) is 6.10 Å². The number of piperidine rings is 1. The number of aromatic hydroxyl groups is 1. The third-order valence-corrected chi connectivity index (χ3v) is 8.82. The molecule has 31 heavy (non-hydrogen) atoms. The maximum atomic E-state index is 12.5. The average Bonchev–Trinajstić information content (AvgIpc) is 3.49. The molecule has 2 heterocycles. The number of phenolic OH excluding ortho intramolecular Hbond substituents is 1. The van der Waals surface area contributed by atoms with E-state index in [1.54, 1.807) is 6.07 Å². The molecule has 5 heteroatoms. The van der Waals surface area contributed by atoms with Gasteiger partial charge in [0.2, 0.25) is 0 Å². The van der Waals surface area contributed by atoms with E-state index in [9.17, 15) is 10.2 Å². The van der Waals surface area contributed by atoms with Crippen LogP contribution in [0.25, 0.3) is 5.57 Å². The van der Waals surface area contributed by atoms with Crippen molar-refractivity contribution in [2.75, 3.05) is 13.1 Å². The second kappa shape index (κ2) is 6.06. The zero-order valence-corrected chi connectivity index (χ0v) is 18.1. The predicted octanol–water partition coefficient (Wildman–Crippen LogP) is 4.30. The van der Waals surface area contributed by atoms with Gasteiger partial charge in [-0.3, -0.25) is 4.90 Å². The molecule has 160 valence electrons. The summed E-state index contributed by atoms with van der Waals surface area (Å²) in [6, 6.07) is 11.8. The number of aliphatic hydroxyl groups is 1. The van der Waals surface area contributed by atoms with E-state index in [4.69, 9.17) is 16.3 Å². The highest BCUT2D eigenvalue weighted by molar-refractivity contribution is 6.30. The molecule has 1 spiro atoms. The topological polar surface area (TPSA) is 52.9 Å². The summed E-state index contributed by atoms with van der Waals surface area (Å²) in [5.41, 5.74) is 2.94. The molecule has 7 rings (SSSR count). The molecule has 0 radical (unpaired) electrons. The van der Waals surface area contributed by atoms with Crippen LogP contribution in [-0.4, -0.2) is 45.9 Å². The molecule has 2 N–H and O–H groups in total. The molecule has 0 unspecified atom stereocenters. The van der Waals surface area contributed by atoms with E-state index in [1.807, 2.05) is 24.3 Å². The molecule has 1 saturated carbocycles. The summed E-state index contributed by atoms with van der Waals surface area (Å²) in [7, 11) is 0. The van der Waals surface area contributed by atoms with Gasteiger partial charge in [-0.2, -0.15) is 0 Å². The van der Waals surface area contributed by atoms with Crippen LogP contribution in [0.15, 0.2) is 42.5 Å². The summed E-state index contributed by atoms with van der Waals surface area (Å²) in [6.07, 6.45) is 6.70. The highest BCUT2D eigenvalue weighted by Gasteiger charge is 2.71. The van der Waals surface area contributed by atoms with Crippen LogP contribution >= 0.6 is 11.6 Å². The first kappa shape index (κ1) is 18.6. The van der Waals surface area contributed by atoms with E-state index in [2.05, 4.69) is 17.0 Å². The van der Waals surface area contributed by atoms with Gasteiger partial charge in [0.15, 0.2) is 11.5 Å². The maximum Gasteiger partial charge on any atom is 0.166 e. The summed E-state index contributed by atoms with van der Waals surface area (Å²) in [5, 5.41) is 23.9. The molecule has 2 aromatic carbocycles. The van der Waals surface area contributed by atoms with E-state index in [-0.39, 0.29) is 17.9 Å². The Morgan fingerprint density at radius 2 is 2.06 bits per heavy atom. The van der Waals surface area contributed by atoms with Crippen molar-refractivity contribution in [1.82, 2.24) is 4.90 Å². The van der Waals surface area contributed by atoms with E-state index in [1.165, 1.54) is 18.4 Å². The Bertz CT molecular complexity index is 1140. The van der Waals surface area contributed by atoms with Crippen molar-refractivity contribution in [2.24, 2.45) is 5.92 Å². The van der Waals surface area contributed by atoms with Crippen molar-refractivity contribution in [3.8, 4) is 11.5 Å². The van der Waals surface area contributed by atoms with Crippen LogP contribution < -0.4 is 4.74 Å². The highest BCUT2D eigenvalue weighted by Crippen LogP contribution is 2.66. The SMILES string of the molecule is Oc1ccc2c3c1O[C@H]1C(c4cccc(Cl)c4)=CC[C@@]4(O)[C@@H](C2)N(CC2CC2)CC[C@]314. The molecule has 2 bridgehead atoms. The number of benzene rings is 2. The van der Waals surface area contributed by atoms with Gasteiger partial charge < -0.3 is 14.9 Å². The van der Waals surface area contributed by atoms with Gasteiger partial charge >= 0.3 is 0 Å². The smallest absolute Gasteiger partial charge is 0.166 e. The van der Waals surface area contributed by atoms with Gasteiger partial charge in [-0.25, -0.2) is 0 Å². The summed E-state index contributed by atoms with van der Waals surface area (Å²) < 4.78 is 6.57. The van der Waals surface area contributed by atoms with Crippen LogP contribution in [0.3, 0.4) is 0 Å². The Labute approximate surface area is 187 Å². The zero-order chi connectivity index (χ0) is 21.0. The lowest BCUT2D eigenvalue weighted by molar-refractivity contribution is -0.159. The van der Waals surface area contributed by atoms with Crippen LogP contribution in [0.2, 0.25) is 5.02 Å². The summed E-state index contributed by atoms with van der Waals surface area (Å²) >= 11 is 6.33. The van der Waals surface area contributed by atoms with Gasteiger partial charge in [0, 0.05) is 23.2 Å². The minimum Gasteiger partial charge on any atom is -0.504 e. The van der Waals surface area contributed by atoms with Crippen LogP contribution in [0.5, 0.6) is 11.5 Å². The van der Waals surface area contributed by atoms with Gasteiger partial charge in [-0.15, -0.1) is 0 Å². The van der Waals surface area contributed by atoms with Crippen LogP contribution in [0, 0.1) is 5.92 Å². The number of likely N-dealkylation sites (tertiary alicyclic amines) is 1. The van der Waals surface area contributed by atoms with Crippen molar-refractivity contribution in [2.45, 2.75) is 55.3 Å². The number of phenols is 1. The number of ether oxygens (including phenoxy) is 1. The molecule has 2 aliphatic heterocycles. The van der Waals surface area contributed by atoms with E-state index < -0.39 is 11.0 Å². The molecule has 0 amide bonds. The molecule has 1 saturated heterocycles. The van der Waals surface area contributed by atoms with Gasteiger partial charge in [-0.05, 0) is 79.5 Å². The Balaban J connectivity index is 1.44. The molecular weight excluding hydrogens is 410 g/mol. The second-order valence-electron chi connectivity index (χ2n) is 10.1. The second-order valence-corrected chi connectivity index (χ2v) is 10.6. The van der Waals surface area contributed by atoms with Crippen molar-refractivity contribution in [3.05, 3.63) is 64.2 Å². The molecule has 2 fully saturated rings. The Kier molecular flexibility index (Phi) is 3.63. The minimum absolute atomic E-state index is 0.0769. The van der Waals surface area contributed by atoms with Crippen LogP contribution in [0.1, 0.15) is 42.4 Å². The Morgan fingerprint density at radius 1 is 1.19 bits per heavy atom. The maximum absolute atomic E-state index is 12.5. The van der Waals surface area contributed by atoms with E-state index in [0.717, 1.165) is 48.5 Å². The molecule has 0 aromatic heterocycles. The highest BCUT2D eigenvalue weighted by atomic mass is 35.5. The summed E-state index contributed by atoms with van der Waals surface area (Å²) in [6.45, 7) is 2.04. The number of halogens is 1. The monoisotopic (exact) mass is 435 g/mol. The number of nitrogens with zero attached hydrogens (tertiary/aromatic N) is 1. The fourth-order valence-corrected chi connectivity index (χ4v) is 7.24. The van der Waals surface area contributed by atoms with Gasteiger partial charge in [-0.1, -0.05) is 35.9 Å². The first-order valence-corrected chi connectivity index (χ1v) is 11.8. The molecular formula is C26H26ClNO3. The zero-order valence-electron chi connectivity index (χ0n) is 17.4. The Morgan fingerprint density at radius 3 is 2.87 bits per heavy atom. The third kappa shape index (κ3) is 2.28. The lowest BCUT2D eigenvalue weighted by Crippen LogP contribution is -2.74. The molecule has 3 aliphatic carbocycles. The van der Waals surface area contributed by atoms with Gasteiger partial charge in [0.25, 0.3) is 0 Å². The Hall–Kier alpha value is -2.01. The molecule has 4 nitrogen and oxygen atoms in total. The lowest BCUT2D eigenvalue weighted by Gasteiger charge is -2.62. The van der Waals surface area contributed by atoms with Crippen molar-refractivity contribution < 1.29 is 14.9 Å². The lowest BCUT2D eigenvalue weighted by atomic mass is 9.49. The van der Waals surface area contributed by atoms with E-state index in [0.29, 0.717) is 17.2 Å². The summed E-state index contributed by atoms with van der Waals surface area (Å²) in [4.78, 5) is 2.55. The van der Waals surface area contributed by atoms with Gasteiger partial charge in [0.05, 0.1) is 11.0 Å².